The Bertz CT molecular complexity index is 1310. The molecule has 0 atom stereocenters. The van der Waals surface area contributed by atoms with Gasteiger partial charge in [-0.1, -0.05) is 36.3 Å². The van der Waals surface area contributed by atoms with Gasteiger partial charge in [-0.2, -0.15) is 4.57 Å². The largest absolute Gasteiger partial charge is 0.350 e. The van der Waals surface area contributed by atoms with Crippen molar-refractivity contribution in [2.75, 3.05) is 0 Å². The molecule has 0 amide bonds. The van der Waals surface area contributed by atoms with E-state index in [1.54, 1.807) is 0 Å². The molecule has 0 spiro atoms. The highest BCUT2D eigenvalue weighted by atomic mass is 15.0. The third-order valence-corrected chi connectivity index (χ3v) is 4.99. The van der Waals surface area contributed by atoms with Gasteiger partial charge in [-0.3, -0.25) is 0 Å². The van der Waals surface area contributed by atoms with E-state index in [1.807, 2.05) is 0 Å². The first-order valence-corrected chi connectivity index (χ1v) is 9.63. The van der Waals surface area contributed by atoms with E-state index < -0.39 is 0 Å². The summed E-state index contributed by atoms with van der Waals surface area (Å²) in [4.78, 5) is 3.58. The molecule has 4 rings (SSSR count). The van der Waals surface area contributed by atoms with Crippen LogP contribution in [0.15, 0.2) is 54.7 Å². The number of terminal acetylenes is 1. The van der Waals surface area contributed by atoms with Crippen molar-refractivity contribution in [1.29, 1.82) is 0 Å². The fraction of sp³-hybridized carbons (Fsp3) is 0.192. The molecule has 2 heteroatoms. The summed E-state index contributed by atoms with van der Waals surface area (Å²) >= 11 is 0. The van der Waals surface area contributed by atoms with Gasteiger partial charge in [-0.25, -0.2) is 0 Å². The fourth-order valence-electron chi connectivity index (χ4n) is 3.74. The lowest BCUT2D eigenvalue weighted by Crippen LogP contribution is -2.34. The number of nitrogens with zero attached hydrogens (tertiary/aromatic N) is 1. The van der Waals surface area contributed by atoms with Crippen LogP contribution in [0.25, 0.3) is 32.7 Å². The zero-order valence-corrected chi connectivity index (χ0v) is 15.8. The van der Waals surface area contributed by atoms with Crippen LogP contribution < -0.4 is 4.57 Å². The summed E-state index contributed by atoms with van der Waals surface area (Å²) in [7, 11) is 0. The lowest BCUT2D eigenvalue weighted by atomic mass is 10.1. The van der Waals surface area contributed by atoms with E-state index >= 15 is 0 Å². The number of H-pyrrole nitrogens is 1. The quantitative estimate of drug-likeness (QED) is 0.294. The Morgan fingerprint density at radius 1 is 0.821 bits per heavy atom. The summed E-state index contributed by atoms with van der Waals surface area (Å²) in [6.07, 6.45) is 11.5. The van der Waals surface area contributed by atoms with E-state index in [9.17, 15) is 0 Å². The van der Waals surface area contributed by atoms with E-state index in [2.05, 4.69) is 93.9 Å². The number of pyridine rings is 1. The first-order chi connectivity index (χ1) is 13.9. The van der Waals surface area contributed by atoms with Gasteiger partial charge in [0, 0.05) is 35.2 Å². The number of benzene rings is 2. The number of aromatic nitrogens is 2. The molecule has 0 unspecified atom stereocenters. The minimum Gasteiger partial charge on any atom is -0.350 e. The number of hydrogen-bond acceptors (Lipinski definition) is 0. The summed E-state index contributed by atoms with van der Waals surface area (Å²) in [6.45, 7) is 0.996. The topological polar surface area (TPSA) is 19.7 Å². The molecule has 0 saturated heterocycles. The Hall–Kier alpha value is -3.67. The Morgan fingerprint density at radius 3 is 2.54 bits per heavy atom. The lowest BCUT2D eigenvalue weighted by Gasteiger charge is -2.03. The van der Waals surface area contributed by atoms with Crippen LogP contribution in [0, 0.1) is 36.0 Å². The van der Waals surface area contributed by atoms with Gasteiger partial charge < -0.3 is 4.98 Å². The molecule has 1 N–H and O–H groups in total. The van der Waals surface area contributed by atoms with Crippen molar-refractivity contribution in [2.24, 2.45) is 0 Å². The maximum Gasteiger partial charge on any atom is 0.213 e. The molecule has 134 valence electrons. The van der Waals surface area contributed by atoms with E-state index in [1.165, 1.54) is 32.7 Å². The molecule has 2 aromatic heterocycles. The molecule has 0 bridgehead atoms. The number of aryl methyl sites for hydroxylation is 1. The van der Waals surface area contributed by atoms with Crippen molar-refractivity contribution < 1.29 is 4.57 Å². The van der Waals surface area contributed by atoms with Crippen LogP contribution in [-0.4, -0.2) is 4.98 Å². The maximum absolute atomic E-state index is 5.06. The van der Waals surface area contributed by atoms with Crippen molar-refractivity contribution >= 4 is 32.7 Å². The van der Waals surface area contributed by atoms with Crippen LogP contribution in [0.4, 0.5) is 0 Å². The Morgan fingerprint density at radius 2 is 1.64 bits per heavy atom. The summed E-state index contributed by atoms with van der Waals surface area (Å²) in [5, 5.41) is 3.90. The van der Waals surface area contributed by atoms with Gasteiger partial charge in [0.2, 0.25) is 5.52 Å². The van der Waals surface area contributed by atoms with Crippen molar-refractivity contribution in [3.8, 4) is 36.0 Å². The predicted molar refractivity (Wildman–Crippen MR) is 116 cm³/mol. The number of aromatic amines is 1. The Balaban J connectivity index is 1.55. The molecule has 2 heterocycles. The van der Waals surface area contributed by atoms with E-state index in [-0.39, 0.29) is 0 Å². The Labute approximate surface area is 165 Å². The molecule has 0 aliphatic carbocycles. The van der Waals surface area contributed by atoms with E-state index in [4.69, 9.17) is 6.42 Å². The van der Waals surface area contributed by atoms with Crippen molar-refractivity contribution in [1.82, 2.24) is 4.98 Å². The van der Waals surface area contributed by atoms with Gasteiger partial charge in [0.25, 0.3) is 0 Å². The Kier molecular flexibility index (Phi) is 5.29. The van der Waals surface area contributed by atoms with Crippen molar-refractivity contribution in [3.63, 3.8) is 0 Å². The molecule has 0 radical (unpaired) electrons. The SMILES string of the molecule is C#CC#CC#CCCCCC[n+]1cc2[nH]c3ccccc3c2c2ccccc21. The number of hydrogen-bond donors (Lipinski definition) is 1. The monoisotopic (exact) mass is 361 g/mol. The smallest absolute Gasteiger partial charge is 0.213 e. The number of unbranched alkanes of at least 4 members (excludes halogenated alkanes) is 3. The molecule has 0 aliphatic heterocycles. The van der Waals surface area contributed by atoms with Gasteiger partial charge in [-0.15, -0.1) is 6.42 Å². The molecule has 2 nitrogen and oxygen atoms in total. The molecular weight excluding hydrogens is 340 g/mol. The first kappa shape index (κ1) is 17.7. The molecular formula is C26H21N2+. The third kappa shape index (κ3) is 3.57. The van der Waals surface area contributed by atoms with Crippen LogP contribution in [0.2, 0.25) is 0 Å². The highest BCUT2D eigenvalue weighted by Crippen LogP contribution is 2.30. The highest BCUT2D eigenvalue weighted by Gasteiger charge is 2.16. The van der Waals surface area contributed by atoms with Crippen molar-refractivity contribution in [2.45, 2.75) is 32.2 Å². The van der Waals surface area contributed by atoms with Crippen LogP contribution in [0.5, 0.6) is 0 Å². The second kappa shape index (κ2) is 8.35. The normalized spacial score (nSPS) is 10.2. The van der Waals surface area contributed by atoms with Gasteiger partial charge in [0.15, 0.2) is 6.20 Å². The minimum atomic E-state index is 0.867. The standard InChI is InChI=1S/C26H20N2/c1-2-3-4-5-6-7-8-9-14-19-28-20-24-26(22-16-11-13-18-25(22)28)21-15-10-12-17-23(21)27-24/h1,10-13,15-18,20H,7-9,14,19H2/p+1. The number of rotatable bonds is 5. The molecule has 0 saturated carbocycles. The second-order valence-corrected chi connectivity index (χ2v) is 6.81. The van der Waals surface area contributed by atoms with E-state index in [0.29, 0.717) is 0 Å². The van der Waals surface area contributed by atoms with Crippen LogP contribution in [0.1, 0.15) is 25.7 Å². The average Bonchev–Trinajstić information content (AvgIpc) is 3.11. The first-order valence-electron chi connectivity index (χ1n) is 9.63. The second-order valence-electron chi connectivity index (χ2n) is 6.81. The van der Waals surface area contributed by atoms with Crippen LogP contribution in [0.3, 0.4) is 0 Å². The van der Waals surface area contributed by atoms with Crippen molar-refractivity contribution in [3.05, 3.63) is 54.7 Å². The number of fused-ring (bicyclic) bond motifs is 5. The molecule has 2 aromatic carbocycles. The number of para-hydroxylation sites is 2. The number of nitrogens with one attached hydrogen (secondary N) is 1. The zero-order chi connectivity index (χ0) is 19.2. The van der Waals surface area contributed by atoms with Gasteiger partial charge in [0.05, 0.1) is 5.39 Å². The molecule has 0 aliphatic rings. The molecule has 4 aromatic rings. The average molecular weight is 361 g/mol. The maximum atomic E-state index is 5.06. The highest BCUT2D eigenvalue weighted by molar-refractivity contribution is 6.18. The summed E-state index contributed by atoms with van der Waals surface area (Å²) in [5.74, 6) is 13.3. The van der Waals surface area contributed by atoms with Gasteiger partial charge in [0.1, 0.15) is 12.1 Å². The molecule has 0 fully saturated rings. The zero-order valence-electron chi connectivity index (χ0n) is 15.8. The lowest BCUT2D eigenvalue weighted by molar-refractivity contribution is -0.670. The van der Waals surface area contributed by atoms with Crippen LogP contribution >= 0.6 is 0 Å². The molecule has 28 heavy (non-hydrogen) atoms. The minimum absolute atomic E-state index is 0.867. The van der Waals surface area contributed by atoms with Gasteiger partial charge >= 0.3 is 0 Å². The summed E-state index contributed by atoms with van der Waals surface area (Å²) in [5.41, 5.74) is 3.66. The predicted octanol–water partition coefficient (Wildman–Crippen LogP) is 4.96. The van der Waals surface area contributed by atoms with Crippen LogP contribution in [-0.2, 0) is 6.54 Å². The summed E-state index contributed by atoms with van der Waals surface area (Å²) in [6, 6.07) is 17.2. The third-order valence-electron chi connectivity index (χ3n) is 4.99. The fourth-order valence-corrected chi connectivity index (χ4v) is 3.74. The van der Waals surface area contributed by atoms with Gasteiger partial charge in [-0.05, 0) is 48.7 Å². The van der Waals surface area contributed by atoms with E-state index in [0.717, 1.165) is 32.2 Å². The summed E-state index contributed by atoms with van der Waals surface area (Å²) < 4.78 is 2.37.